The van der Waals surface area contributed by atoms with Gasteiger partial charge in [0.1, 0.15) is 0 Å². The second-order valence-corrected chi connectivity index (χ2v) is 7.36. The van der Waals surface area contributed by atoms with Gasteiger partial charge >= 0.3 is 12.6 Å². The first-order valence-corrected chi connectivity index (χ1v) is 8.58. The zero-order chi connectivity index (χ0) is 17.5. The van der Waals surface area contributed by atoms with E-state index in [1.165, 1.54) is 30.3 Å². The Morgan fingerprint density at radius 1 is 1.08 bits per heavy atom. The summed E-state index contributed by atoms with van der Waals surface area (Å²) in [5.74, 6) is 0.0690. The molecule has 2 aromatic carbocycles. The van der Waals surface area contributed by atoms with E-state index in [0.717, 1.165) is 6.07 Å². The van der Waals surface area contributed by atoms with Gasteiger partial charge in [-0.1, -0.05) is 23.2 Å². The summed E-state index contributed by atoms with van der Waals surface area (Å²) in [4.78, 5) is 10.3. The maximum atomic E-state index is 12.7. The number of sulfone groups is 1. The smallest absolute Gasteiger partial charge is 0.450 e. The minimum Gasteiger partial charge on any atom is -0.450 e. The molecule has 24 heavy (non-hydrogen) atoms. The van der Waals surface area contributed by atoms with Gasteiger partial charge < -0.3 is 19.3 Å². The molecule has 0 saturated heterocycles. The molecule has 0 radical (unpaired) electrons. The Hall–Kier alpha value is -2.16. The third kappa shape index (κ3) is 3.08. The summed E-state index contributed by atoms with van der Waals surface area (Å²) in [6.45, 7) is -1.53. The van der Waals surface area contributed by atoms with Crippen molar-refractivity contribution < 1.29 is 32.5 Å². The number of fused-ring (bicyclic) bond motifs is 1. The Kier molecular flexibility index (Phi) is 4.20. The molecule has 1 atom stereocenters. The van der Waals surface area contributed by atoms with Crippen molar-refractivity contribution in [2.45, 2.75) is 16.3 Å². The van der Waals surface area contributed by atoms with E-state index in [4.69, 9.17) is 37.8 Å². The molecule has 1 N–H and O–H groups in total. The zero-order valence-corrected chi connectivity index (χ0v) is 13.9. The Labute approximate surface area is 146 Å². The summed E-state index contributed by atoms with van der Waals surface area (Å²) >= 11 is 11.8. The van der Waals surface area contributed by atoms with Crippen molar-refractivity contribution in [3.05, 3.63) is 46.4 Å². The largest absolute Gasteiger partial charge is 0.511 e. The lowest BCUT2D eigenvalue weighted by Gasteiger charge is -2.08. The van der Waals surface area contributed by atoms with E-state index in [2.05, 4.69) is 4.74 Å². The quantitative estimate of drug-likeness (QED) is 0.799. The number of carboxylic acid groups (broad SMARTS) is 1. The average molecular weight is 391 g/mol. The zero-order valence-electron chi connectivity index (χ0n) is 11.6. The normalized spacial score (nSPS) is 16.0. The summed E-state index contributed by atoms with van der Waals surface area (Å²) in [5.41, 5.74) is 0. The first kappa shape index (κ1) is 16.7. The Morgan fingerprint density at radius 3 is 2.25 bits per heavy atom. The summed E-state index contributed by atoms with van der Waals surface area (Å²) < 4.78 is 39.8. The van der Waals surface area contributed by atoms with Crippen LogP contribution in [0, 0.1) is 0 Å². The van der Waals surface area contributed by atoms with Gasteiger partial charge in [0.25, 0.3) is 0 Å². The van der Waals surface area contributed by atoms with Crippen molar-refractivity contribution in [3.8, 4) is 11.5 Å². The number of hydrogen-bond acceptors (Lipinski definition) is 6. The minimum atomic E-state index is -3.93. The van der Waals surface area contributed by atoms with Crippen LogP contribution in [0.25, 0.3) is 0 Å². The van der Waals surface area contributed by atoms with Crippen LogP contribution < -0.4 is 9.47 Å². The number of carbonyl (C=O) groups is 1. The van der Waals surface area contributed by atoms with Crippen LogP contribution in [0.3, 0.4) is 0 Å². The highest BCUT2D eigenvalue weighted by molar-refractivity contribution is 7.91. The van der Waals surface area contributed by atoms with Gasteiger partial charge in [-0.3, -0.25) is 0 Å². The molecular weight excluding hydrogens is 383 g/mol. The average Bonchev–Trinajstić information content (AvgIpc) is 2.86. The third-order valence-electron chi connectivity index (χ3n) is 3.06. The molecule has 2 aromatic rings. The third-order valence-corrected chi connectivity index (χ3v) is 5.54. The molecule has 3 rings (SSSR count). The van der Waals surface area contributed by atoms with E-state index in [0.29, 0.717) is 5.02 Å². The molecule has 1 aliphatic heterocycles. The van der Waals surface area contributed by atoms with Crippen LogP contribution in [0.2, 0.25) is 10.0 Å². The first-order valence-electron chi connectivity index (χ1n) is 6.34. The molecule has 1 aliphatic rings. The highest BCUT2D eigenvalue weighted by Crippen LogP contribution is 2.42. The number of hydrogen-bond donors (Lipinski definition) is 1. The maximum absolute atomic E-state index is 12.7. The molecule has 0 amide bonds. The van der Waals surface area contributed by atoms with Gasteiger partial charge in [0.2, 0.25) is 9.84 Å². The van der Waals surface area contributed by atoms with E-state index in [1.54, 1.807) is 0 Å². The van der Waals surface area contributed by atoms with Crippen LogP contribution in [0.15, 0.2) is 46.2 Å². The van der Waals surface area contributed by atoms with Crippen molar-refractivity contribution >= 4 is 39.2 Å². The molecule has 1 heterocycles. The van der Waals surface area contributed by atoms with Gasteiger partial charge in [0.15, 0.2) is 11.5 Å². The van der Waals surface area contributed by atoms with Crippen LogP contribution >= 0.6 is 23.2 Å². The molecule has 0 bridgehead atoms. The predicted octanol–water partition coefficient (Wildman–Crippen LogP) is 3.58. The molecule has 0 aromatic heterocycles. The predicted molar refractivity (Wildman–Crippen MR) is 82.5 cm³/mol. The molecule has 1 unspecified atom stereocenters. The summed E-state index contributed by atoms with van der Waals surface area (Å²) in [6, 6.07) is 7.92. The first-order chi connectivity index (χ1) is 11.3. The second kappa shape index (κ2) is 6.04. The van der Waals surface area contributed by atoms with Crippen molar-refractivity contribution in [1.82, 2.24) is 0 Å². The highest BCUT2D eigenvalue weighted by Gasteiger charge is 2.32. The van der Waals surface area contributed by atoms with Crippen molar-refractivity contribution in [3.63, 3.8) is 0 Å². The van der Waals surface area contributed by atoms with Crippen LogP contribution in [0.5, 0.6) is 11.5 Å². The van der Waals surface area contributed by atoms with E-state index >= 15 is 0 Å². The second-order valence-electron chi connectivity index (χ2n) is 4.59. The van der Waals surface area contributed by atoms with Crippen LogP contribution in [0.1, 0.15) is 0 Å². The Bertz CT molecular complexity index is 909. The van der Waals surface area contributed by atoms with E-state index < -0.39 is 22.5 Å². The molecule has 0 fully saturated rings. The van der Waals surface area contributed by atoms with Gasteiger partial charge in [-0.25, -0.2) is 13.2 Å². The molecule has 10 heteroatoms. The number of halogens is 2. The lowest BCUT2D eigenvalue weighted by Crippen LogP contribution is -2.24. The van der Waals surface area contributed by atoms with Gasteiger partial charge in [0.05, 0.1) is 14.8 Å². The monoisotopic (exact) mass is 390 g/mol. The van der Waals surface area contributed by atoms with Gasteiger partial charge in [0, 0.05) is 17.2 Å². The van der Waals surface area contributed by atoms with Crippen molar-refractivity contribution in [2.24, 2.45) is 0 Å². The fourth-order valence-corrected chi connectivity index (χ4v) is 3.92. The fraction of sp³-hybridized carbons (Fsp3) is 0.0714. The molecular formula is C14H8Cl2O7S. The van der Waals surface area contributed by atoms with E-state index in [1.807, 2.05) is 0 Å². The van der Waals surface area contributed by atoms with Gasteiger partial charge in [-0.2, -0.15) is 0 Å². The van der Waals surface area contributed by atoms with Gasteiger partial charge in [-0.15, -0.1) is 0 Å². The topological polar surface area (TPSA) is 99.1 Å². The molecule has 0 saturated carbocycles. The minimum absolute atomic E-state index is 0.00168. The molecule has 7 nitrogen and oxygen atoms in total. The molecule has 0 spiro atoms. The number of benzene rings is 2. The summed E-state index contributed by atoms with van der Waals surface area (Å²) in [5, 5.41) is 8.83. The van der Waals surface area contributed by atoms with E-state index in [-0.39, 0.29) is 26.3 Å². The van der Waals surface area contributed by atoms with Crippen LogP contribution in [0.4, 0.5) is 4.79 Å². The van der Waals surface area contributed by atoms with Crippen LogP contribution in [-0.2, 0) is 14.6 Å². The van der Waals surface area contributed by atoms with Crippen LogP contribution in [-0.4, -0.2) is 26.2 Å². The highest BCUT2D eigenvalue weighted by atomic mass is 35.5. The molecule has 126 valence electrons. The van der Waals surface area contributed by atoms with Gasteiger partial charge in [-0.05, 0) is 24.3 Å². The Balaban J connectivity index is 1.99. The van der Waals surface area contributed by atoms with Crippen molar-refractivity contribution in [2.75, 3.05) is 0 Å². The number of rotatable bonds is 3. The lowest BCUT2D eigenvalue weighted by atomic mass is 10.3. The summed E-state index contributed by atoms with van der Waals surface area (Å²) in [7, 11) is -3.93. The fourth-order valence-electron chi connectivity index (χ4n) is 2.01. The summed E-state index contributed by atoms with van der Waals surface area (Å²) in [6.07, 6.45) is -1.60. The van der Waals surface area contributed by atoms with Crippen molar-refractivity contribution in [1.29, 1.82) is 0 Å². The SMILES string of the molecule is O=C(O)OC1Oc2cc(Cl)c(S(=O)(=O)c3ccc(Cl)cc3)cc2O1. The molecule has 0 aliphatic carbocycles. The maximum Gasteiger partial charge on any atom is 0.511 e. The lowest BCUT2D eigenvalue weighted by molar-refractivity contribution is -0.147. The van der Waals surface area contributed by atoms with E-state index in [9.17, 15) is 13.2 Å². The standard InChI is InChI=1S/C14H8Cl2O7S/c15-7-1-3-8(4-2-7)24(19,20)12-6-11-10(5-9(12)16)21-14(22-11)23-13(17)18/h1-6,14H,(H,17,18). The Morgan fingerprint density at radius 2 is 1.67 bits per heavy atom. The number of ether oxygens (including phenoxy) is 3.